The molecule has 0 saturated heterocycles. The van der Waals surface area contributed by atoms with Crippen molar-refractivity contribution in [2.24, 2.45) is 0 Å². The van der Waals surface area contributed by atoms with E-state index in [2.05, 4.69) is 22.0 Å². The largest absolute Gasteiger partial charge is 0.493 e. The molecule has 0 bridgehead atoms. The van der Waals surface area contributed by atoms with E-state index in [1.807, 2.05) is 72.8 Å². The third-order valence-electron chi connectivity index (χ3n) is 7.73. The second kappa shape index (κ2) is 9.84. The first-order valence-electron chi connectivity index (χ1n) is 13.3. The number of para-hydroxylation sites is 2. The molecule has 7 rings (SSSR count). The Hall–Kier alpha value is -4.63. The summed E-state index contributed by atoms with van der Waals surface area (Å²) < 4.78 is 24.2. The van der Waals surface area contributed by atoms with Gasteiger partial charge >= 0.3 is 12.0 Å². The Kier molecular flexibility index (Phi) is 6.00. The standard InChI is InChI=1S/C31H28N4O5/c1-37-24-13-12-20-19-35(17-16-31-15-14-21(36)18-25(31)40-27(24)26(20)31)28-32-29(38-22-8-4-2-5-9-22)34-30(33-28)39-23-10-6-3-7-11-23/h2-15,21,25,36H,16-19H2,1H3/t21-,25-,31?/m1/s1. The molecule has 0 amide bonds. The molecule has 9 heteroatoms. The number of hydrogen-bond donors (Lipinski definition) is 1. The summed E-state index contributed by atoms with van der Waals surface area (Å²) in [5.41, 5.74) is 1.82. The van der Waals surface area contributed by atoms with Gasteiger partial charge in [-0.2, -0.15) is 9.97 Å². The molecular weight excluding hydrogens is 508 g/mol. The molecule has 4 aromatic rings. The number of nitrogens with zero attached hydrogens (tertiary/aromatic N) is 4. The van der Waals surface area contributed by atoms with Crippen molar-refractivity contribution in [2.75, 3.05) is 18.6 Å². The van der Waals surface area contributed by atoms with Gasteiger partial charge in [-0.05, 0) is 42.3 Å². The number of aliphatic hydroxyl groups is 1. The van der Waals surface area contributed by atoms with E-state index in [0.717, 1.165) is 23.3 Å². The number of rotatable bonds is 6. The first-order chi connectivity index (χ1) is 19.6. The van der Waals surface area contributed by atoms with Crippen LogP contribution < -0.4 is 23.8 Å². The molecule has 40 heavy (non-hydrogen) atoms. The van der Waals surface area contributed by atoms with Gasteiger partial charge < -0.3 is 29.0 Å². The third kappa shape index (κ3) is 4.28. The van der Waals surface area contributed by atoms with Crippen LogP contribution in [0.1, 0.15) is 24.0 Å². The van der Waals surface area contributed by atoms with Crippen LogP contribution in [0, 0.1) is 0 Å². The molecular formula is C31H28N4O5. The normalized spacial score (nSPS) is 22.5. The third-order valence-corrected chi connectivity index (χ3v) is 7.73. The zero-order valence-electron chi connectivity index (χ0n) is 21.9. The first-order valence-corrected chi connectivity index (χ1v) is 13.3. The van der Waals surface area contributed by atoms with Crippen LogP contribution in [0.5, 0.6) is 35.0 Å². The van der Waals surface area contributed by atoms with Crippen molar-refractivity contribution in [3.8, 4) is 35.0 Å². The van der Waals surface area contributed by atoms with Gasteiger partial charge in [-0.25, -0.2) is 0 Å². The number of benzene rings is 3. The van der Waals surface area contributed by atoms with Gasteiger partial charge in [0.15, 0.2) is 11.5 Å². The molecule has 1 N–H and O–H groups in total. The quantitative estimate of drug-likeness (QED) is 0.334. The van der Waals surface area contributed by atoms with Crippen LogP contribution in [-0.2, 0) is 12.0 Å². The maximum atomic E-state index is 10.4. The fraction of sp³-hybridized carbons (Fsp3) is 0.258. The Morgan fingerprint density at radius 1 is 0.900 bits per heavy atom. The lowest BCUT2D eigenvalue weighted by Gasteiger charge is -2.35. The number of hydrogen-bond acceptors (Lipinski definition) is 9. The minimum absolute atomic E-state index is 0.144. The maximum Gasteiger partial charge on any atom is 0.330 e. The van der Waals surface area contributed by atoms with Crippen LogP contribution in [0.2, 0.25) is 0 Å². The minimum atomic E-state index is -0.544. The van der Waals surface area contributed by atoms with Crippen LogP contribution in [0.4, 0.5) is 5.95 Å². The lowest BCUT2D eigenvalue weighted by Crippen LogP contribution is -2.43. The molecule has 0 fully saturated rings. The highest BCUT2D eigenvalue weighted by molar-refractivity contribution is 5.62. The van der Waals surface area contributed by atoms with Crippen molar-refractivity contribution in [2.45, 2.75) is 37.0 Å². The van der Waals surface area contributed by atoms with Crippen LogP contribution in [0.3, 0.4) is 0 Å². The molecule has 1 unspecified atom stereocenters. The van der Waals surface area contributed by atoms with Gasteiger partial charge in [0, 0.05) is 25.1 Å². The van der Waals surface area contributed by atoms with Crippen molar-refractivity contribution >= 4 is 5.95 Å². The van der Waals surface area contributed by atoms with Crippen molar-refractivity contribution < 1.29 is 24.1 Å². The lowest BCUT2D eigenvalue weighted by molar-refractivity contribution is 0.0856. The van der Waals surface area contributed by atoms with Crippen LogP contribution in [0.25, 0.3) is 0 Å². The fourth-order valence-corrected chi connectivity index (χ4v) is 5.86. The van der Waals surface area contributed by atoms with E-state index in [4.69, 9.17) is 28.9 Å². The van der Waals surface area contributed by atoms with E-state index in [0.29, 0.717) is 42.7 Å². The minimum Gasteiger partial charge on any atom is -0.493 e. The summed E-state index contributed by atoms with van der Waals surface area (Å²) in [6, 6.07) is 23.1. The SMILES string of the molecule is COc1ccc2c3c1O[C@@H]1C[C@H](O)C=CC31CCN(c1nc(Oc3ccccc3)nc(Oc3ccccc3)n1)C2. The number of anilines is 1. The van der Waals surface area contributed by atoms with Crippen LogP contribution >= 0.6 is 0 Å². The molecule has 3 aliphatic rings. The highest BCUT2D eigenvalue weighted by atomic mass is 16.5. The summed E-state index contributed by atoms with van der Waals surface area (Å²) in [6.45, 7) is 1.18. The molecule has 1 spiro atoms. The Labute approximate surface area is 231 Å². The number of aromatic nitrogens is 3. The summed E-state index contributed by atoms with van der Waals surface area (Å²) in [5.74, 6) is 3.12. The van der Waals surface area contributed by atoms with Gasteiger partial charge in [-0.15, -0.1) is 4.98 Å². The van der Waals surface area contributed by atoms with Crippen molar-refractivity contribution in [3.63, 3.8) is 0 Å². The second-order valence-electron chi connectivity index (χ2n) is 10.1. The van der Waals surface area contributed by atoms with E-state index in [9.17, 15) is 5.11 Å². The summed E-state index contributed by atoms with van der Waals surface area (Å²) >= 11 is 0. The molecule has 3 heterocycles. The van der Waals surface area contributed by atoms with E-state index in [1.165, 1.54) is 0 Å². The predicted molar refractivity (Wildman–Crippen MR) is 147 cm³/mol. The number of methoxy groups -OCH3 is 1. The van der Waals surface area contributed by atoms with Gasteiger partial charge in [0.25, 0.3) is 0 Å². The Bertz CT molecular complexity index is 1510. The van der Waals surface area contributed by atoms with Gasteiger partial charge in [0.1, 0.15) is 17.6 Å². The highest BCUT2D eigenvalue weighted by Gasteiger charge is 2.53. The lowest BCUT2D eigenvalue weighted by atomic mass is 9.69. The van der Waals surface area contributed by atoms with E-state index in [1.54, 1.807) is 7.11 Å². The number of ether oxygens (including phenoxy) is 4. The van der Waals surface area contributed by atoms with Gasteiger partial charge in [0.2, 0.25) is 5.95 Å². The van der Waals surface area contributed by atoms with Gasteiger partial charge in [-0.1, -0.05) is 54.6 Å². The molecule has 9 nitrogen and oxygen atoms in total. The van der Waals surface area contributed by atoms with Crippen molar-refractivity contribution in [1.29, 1.82) is 0 Å². The summed E-state index contributed by atoms with van der Waals surface area (Å²) in [4.78, 5) is 16.0. The Morgan fingerprint density at radius 2 is 1.57 bits per heavy atom. The smallest absolute Gasteiger partial charge is 0.330 e. The molecule has 0 saturated carbocycles. The van der Waals surface area contributed by atoms with Crippen molar-refractivity contribution in [1.82, 2.24) is 15.0 Å². The maximum absolute atomic E-state index is 10.4. The molecule has 3 atom stereocenters. The van der Waals surface area contributed by atoms with Crippen LogP contribution in [-0.4, -0.2) is 45.9 Å². The first kappa shape index (κ1) is 24.4. The average molecular weight is 537 g/mol. The molecule has 2 aliphatic heterocycles. The van der Waals surface area contributed by atoms with Gasteiger partial charge in [-0.3, -0.25) is 0 Å². The second-order valence-corrected chi connectivity index (χ2v) is 10.1. The molecule has 3 aromatic carbocycles. The monoisotopic (exact) mass is 536 g/mol. The van der Waals surface area contributed by atoms with Crippen molar-refractivity contribution in [3.05, 3.63) is 96.1 Å². The van der Waals surface area contributed by atoms with E-state index in [-0.39, 0.29) is 23.5 Å². The molecule has 202 valence electrons. The molecule has 0 radical (unpaired) electrons. The number of aliphatic hydroxyl groups excluding tert-OH is 1. The topological polar surface area (TPSA) is 99.1 Å². The zero-order chi connectivity index (χ0) is 27.1. The predicted octanol–water partition coefficient (Wildman–Crippen LogP) is 5.19. The van der Waals surface area contributed by atoms with Crippen LogP contribution in [0.15, 0.2) is 84.9 Å². The summed E-state index contributed by atoms with van der Waals surface area (Å²) in [6.07, 6.45) is 4.52. The summed E-state index contributed by atoms with van der Waals surface area (Å²) in [5, 5.41) is 10.4. The Morgan fingerprint density at radius 3 is 2.23 bits per heavy atom. The summed E-state index contributed by atoms with van der Waals surface area (Å²) in [7, 11) is 1.65. The molecule has 1 aromatic heterocycles. The van der Waals surface area contributed by atoms with E-state index >= 15 is 0 Å². The Balaban J connectivity index is 1.29. The highest BCUT2D eigenvalue weighted by Crippen LogP contribution is 2.56. The van der Waals surface area contributed by atoms with Gasteiger partial charge in [0.05, 0.1) is 18.6 Å². The molecule has 1 aliphatic carbocycles. The fourth-order valence-electron chi connectivity index (χ4n) is 5.86. The van der Waals surface area contributed by atoms with E-state index < -0.39 is 6.10 Å². The average Bonchev–Trinajstić information content (AvgIpc) is 3.20. The zero-order valence-corrected chi connectivity index (χ0v) is 21.9.